The van der Waals surface area contributed by atoms with Crippen LogP contribution in [0, 0.1) is 10.1 Å². The Hall–Kier alpha value is -3.31. The zero-order valence-corrected chi connectivity index (χ0v) is 16.9. The van der Waals surface area contributed by atoms with Gasteiger partial charge in [0.25, 0.3) is 15.7 Å². The molecule has 2 aromatic carbocycles. The van der Waals surface area contributed by atoms with Gasteiger partial charge in [0, 0.05) is 28.4 Å². The predicted molar refractivity (Wildman–Crippen MR) is 111 cm³/mol. The van der Waals surface area contributed by atoms with E-state index in [2.05, 4.69) is 35.6 Å². The van der Waals surface area contributed by atoms with Crippen molar-refractivity contribution in [1.82, 2.24) is 15.0 Å². The molecule has 146 valence electrons. The van der Waals surface area contributed by atoms with E-state index in [1.807, 2.05) is 0 Å². The molecule has 4 aromatic rings. The van der Waals surface area contributed by atoms with Crippen LogP contribution < -0.4 is 4.72 Å². The van der Waals surface area contributed by atoms with E-state index in [1.54, 1.807) is 30.5 Å². The minimum absolute atomic E-state index is 0.0471. The molecule has 4 rings (SSSR count). The van der Waals surface area contributed by atoms with Crippen molar-refractivity contribution in [2.45, 2.75) is 4.90 Å². The maximum atomic E-state index is 12.6. The molecular formula is C18H12BrN5O4S. The number of nitrogens with zero attached hydrogens (tertiary/aromatic N) is 3. The quantitative estimate of drug-likeness (QED) is 0.331. The van der Waals surface area contributed by atoms with Crippen LogP contribution in [0.5, 0.6) is 0 Å². The first-order valence-electron chi connectivity index (χ1n) is 8.21. The Bertz CT molecular complexity index is 1340. The molecule has 0 aliphatic carbocycles. The van der Waals surface area contributed by atoms with Crippen molar-refractivity contribution < 1.29 is 13.3 Å². The van der Waals surface area contributed by atoms with Gasteiger partial charge in [0.15, 0.2) is 5.65 Å². The highest BCUT2D eigenvalue weighted by Crippen LogP contribution is 2.29. The number of benzene rings is 2. The van der Waals surface area contributed by atoms with Crippen molar-refractivity contribution in [3.63, 3.8) is 0 Å². The zero-order valence-electron chi connectivity index (χ0n) is 14.5. The van der Waals surface area contributed by atoms with Gasteiger partial charge < -0.3 is 4.98 Å². The maximum Gasteiger partial charge on any atom is 0.272 e. The largest absolute Gasteiger partial charge is 0.337 e. The molecule has 0 saturated heterocycles. The van der Waals surface area contributed by atoms with Gasteiger partial charge in [-0.15, -0.1) is 0 Å². The fraction of sp³-hybridized carbons (Fsp3) is 0. The number of fused-ring (bicyclic) bond motifs is 1. The van der Waals surface area contributed by atoms with Crippen LogP contribution in [0.15, 0.2) is 70.2 Å². The summed E-state index contributed by atoms with van der Waals surface area (Å²) in [6.07, 6.45) is 1.58. The third kappa shape index (κ3) is 3.96. The molecule has 29 heavy (non-hydrogen) atoms. The summed E-state index contributed by atoms with van der Waals surface area (Å²) in [6.45, 7) is 0. The van der Waals surface area contributed by atoms with E-state index in [0.717, 1.165) is 10.5 Å². The van der Waals surface area contributed by atoms with Crippen LogP contribution >= 0.6 is 15.9 Å². The number of rotatable bonds is 5. The lowest BCUT2D eigenvalue weighted by atomic mass is 10.1. The van der Waals surface area contributed by atoms with E-state index >= 15 is 0 Å². The normalized spacial score (nSPS) is 11.5. The average molecular weight is 474 g/mol. The third-order valence-electron chi connectivity index (χ3n) is 4.01. The van der Waals surface area contributed by atoms with Gasteiger partial charge in [-0.3, -0.25) is 14.8 Å². The van der Waals surface area contributed by atoms with Gasteiger partial charge in [-0.2, -0.15) is 0 Å². The number of nitrogens with one attached hydrogen (secondary N) is 2. The van der Waals surface area contributed by atoms with Crippen LogP contribution in [-0.2, 0) is 10.0 Å². The Morgan fingerprint density at radius 2 is 1.86 bits per heavy atom. The van der Waals surface area contributed by atoms with Crippen LogP contribution in [-0.4, -0.2) is 28.3 Å². The highest BCUT2D eigenvalue weighted by molar-refractivity contribution is 9.10. The average Bonchev–Trinajstić information content (AvgIpc) is 3.11. The molecular weight excluding hydrogens is 462 g/mol. The molecule has 2 aromatic heterocycles. The molecule has 0 fully saturated rings. The van der Waals surface area contributed by atoms with Crippen LogP contribution in [0.3, 0.4) is 0 Å². The molecule has 0 aliphatic rings. The lowest BCUT2D eigenvalue weighted by Crippen LogP contribution is -2.13. The molecule has 0 spiro atoms. The minimum atomic E-state index is -3.91. The second-order valence-electron chi connectivity index (χ2n) is 6.05. The Balaban J connectivity index is 1.79. The summed E-state index contributed by atoms with van der Waals surface area (Å²) >= 11 is 3.32. The highest BCUT2D eigenvalue weighted by atomic mass is 79.9. The third-order valence-corrected chi connectivity index (χ3v) is 5.84. The van der Waals surface area contributed by atoms with E-state index in [0.29, 0.717) is 22.6 Å². The summed E-state index contributed by atoms with van der Waals surface area (Å²) in [4.78, 5) is 22.4. The molecule has 9 nitrogen and oxygen atoms in total. The number of hydrogen-bond acceptors (Lipinski definition) is 6. The van der Waals surface area contributed by atoms with Crippen LogP contribution in [0.4, 0.5) is 11.4 Å². The molecule has 0 saturated carbocycles. The fourth-order valence-corrected chi connectivity index (χ4v) is 4.13. The number of halogens is 1. The Morgan fingerprint density at radius 3 is 2.59 bits per heavy atom. The smallest absolute Gasteiger partial charge is 0.272 e. The van der Waals surface area contributed by atoms with Crippen LogP contribution in [0.25, 0.3) is 22.6 Å². The summed E-state index contributed by atoms with van der Waals surface area (Å²) < 4.78 is 28.3. The Kier molecular flexibility index (Phi) is 4.76. The molecule has 0 radical (unpaired) electrons. The summed E-state index contributed by atoms with van der Waals surface area (Å²) in [5.74, 6) is 0.328. The minimum Gasteiger partial charge on any atom is -0.337 e. The number of sulfonamides is 1. The molecule has 0 aliphatic heterocycles. The fourth-order valence-electron chi connectivity index (χ4n) is 2.74. The van der Waals surface area contributed by atoms with E-state index in [4.69, 9.17) is 0 Å². The van der Waals surface area contributed by atoms with Gasteiger partial charge in [-0.25, -0.2) is 18.4 Å². The standard InChI is InChI=1S/C18H12BrN5O4S/c19-12-8-16-18(20-10-12)22-17(21-16)11-6-13(9-14(7-11)24(25)26)23-29(27,28)15-4-2-1-3-5-15/h1-10,23H,(H,20,21,22). The van der Waals surface area contributed by atoms with Crippen molar-refractivity contribution in [3.8, 4) is 11.4 Å². The number of nitro benzene ring substituents is 1. The van der Waals surface area contributed by atoms with E-state index in [1.165, 1.54) is 24.3 Å². The Morgan fingerprint density at radius 1 is 1.10 bits per heavy atom. The number of aromatic amines is 1. The molecule has 0 atom stereocenters. The van der Waals surface area contributed by atoms with E-state index < -0.39 is 14.9 Å². The number of anilines is 1. The van der Waals surface area contributed by atoms with Crippen molar-refractivity contribution in [2.75, 3.05) is 4.72 Å². The molecule has 0 bridgehead atoms. The van der Waals surface area contributed by atoms with Gasteiger partial charge in [0.2, 0.25) is 0 Å². The Labute approximate surface area is 173 Å². The lowest BCUT2D eigenvalue weighted by molar-refractivity contribution is -0.384. The summed E-state index contributed by atoms with van der Waals surface area (Å²) in [5, 5.41) is 11.4. The highest BCUT2D eigenvalue weighted by Gasteiger charge is 2.18. The number of aromatic nitrogens is 3. The predicted octanol–water partition coefficient (Wildman–Crippen LogP) is 4.10. The zero-order chi connectivity index (χ0) is 20.6. The van der Waals surface area contributed by atoms with E-state index in [9.17, 15) is 18.5 Å². The first-order valence-corrected chi connectivity index (χ1v) is 10.5. The second kappa shape index (κ2) is 7.26. The SMILES string of the molecule is O=[N+]([O-])c1cc(NS(=O)(=O)c2ccccc2)cc(-c2nc3ncc(Br)cc3[nH]2)c1. The van der Waals surface area contributed by atoms with Crippen molar-refractivity contribution in [1.29, 1.82) is 0 Å². The molecule has 0 amide bonds. The summed E-state index contributed by atoms with van der Waals surface area (Å²) in [5.41, 5.74) is 1.18. The molecule has 2 heterocycles. The second-order valence-corrected chi connectivity index (χ2v) is 8.65. The van der Waals surface area contributed by atoms with Crippen LogP contribution in [0.2, 0.25) is 0 Å². The van der Waals surface area contributed by atoms with E-state index in [-0.39, 0.29) is 16.3 Å². The van der Waals surface area contributed by atoms with Gasteiger partial charge >= 0.3 is 0 Å². The first kappa shape index (κ1) is 19.0. The number of imidazole rings is 1. The summed E-state index contributed by atoms with van der Waals surface area (Å²) in [6, 6.07) is 13.5. The number of H-pyrrole nitrogens is 1. The summed E-state index contributed by atoms with van der Waals surface area (Å²) in [7, 11) is -3.91. The van der Waals surface area contributed by atoms with Gasteiger partial charge in [-0.05, 0) is 40.2 Å². The maximum absolute atomic E-state index is 12.6. The molecule has 0 unspecified atom stereocenters. The van der Waals surface area contributed by atoms with Crippen molar-refractivity contribution in [2.24, 2.45) is 0 Å². The van der Waals surface area contributed by atoms with Crippen molar-refractivity contribution >= 4 is 48.5 Å². The van der Waals surface area contributed by atoms with Crippen molar-refractivity contribution in [3.05, 3.63) is 75.4 Å². The number of pyridine rings is 1. The number of nitro groups is 1. The molecule has 2 N–H and O–H groups in total. The van der Waals surface area contributed by atoms with Gasteiger partial charge in [0.1, 0.15) is 5.82 Å². The lowest BCUT2D eigenvalue weighted by Gasteiger charge is -2.09. The number of hydrogen-bond donors (Lipinski definition) is 2. The monoisotopic (exact) mass is 473 g/mol. The van der Waals surface area contributed by atoms with Gasteiger partial charge in [-0.1, -0.05) is 18.2 Å². The topological polar surface area (TPSA) is 131 Å². The number of non-ortho nitro benzene ring substituents is 1. The first-order chi connectivity index (χ1) is 13.8. The van der Waals surface area contributed by atoms with Crippen LogP contribution in [0.1, 0.15) is 0 Å². The van der Waals surface area contributed by atoms with Gasteiger partial charge in [0.05, 0.1) is 21.0 Å². The molecule has 11 heteroatoms.